The summed E-state index contributed by atoms with van der Waals surface area (Å²) in [7, 11) is 1.94. The molecule has 1 saturated carbocycles. The Labute approximate surface area is 102 Å². The van der Waals surface area contributed by atoms with Crippen LogP contribution in [0.2, 0.25) is 5.02 Å². The number of nitrogens with one attached hydrogen (secondary N) is 1. The van der Waals surface area contributed by atoms with E-state index in [9.17, 15) is 0 Å². The van der Waals surface area contributed by atoms with E-state index in [1.807, 2.05) is 11.7 Å². The molecule has 0 saturated heterocycles. The summed E-state index contributed by atoms with van der Waals surface area (Å²) in [6.07, 6.45) is 7.01. The van der Waals surface area contributed by atoms with Crippen molar-refractivity contribution in [2.24, 2.45) is 13.0 Å². The molecule has 0 radical (unpaired) electrons. The molecule has 16 heavy (non-hydrogen) atoms. The number of rotatable bonds is 3. The van der Waals surface area contributed by atoms with Gasteiger partial charge in [0, 0.05) is 19.6 Å². The molecule has 2 rings (SSSR count). The average Bonchev–Trinajstić information content (AvgIpc) is 2.56. The van der Waals surface area contributed by atoms with Crippen LogP contribution in [-0.4, -0.2) is 15.8 Å². The molecule has 4 heteroatoms. The monoisotopic (exact) mass is 241 g/mol. The number of halogens is 1. The van der Waals surface area contributed by atoms with Gasteiger partial charge in [-0.15, -0.1) is 0 Å². The largest absolute Gasteiger partial charge is 0.308 e. The van der Waals surface area contributed by atoms with Gasteiger partial charge in [0.15, 0.2) is 0 Å². The average molecular weight is 242 g/mol. The Bertz CT molecular complexity index is 329. The lowest BCUT2D eigenvalue weighted by atomic mass is 9.87. The third kappa shape index (κ3) is 2.77. The summed E-state index contributed by atoms with van der Waals surface area (Å²) < 4.78 is 1.85. The van der Waals surface area contributed by atoms with Crippen molar-refractivity contribution >= 4 is 11.6 Å². The zero-order chi connectivity index (χ0) is 11.5. The van der Waals surface area contributed by atoms with Gasteiger partial charge in [0.1, 0.15) is 0 Å². The maximum Gasteiger partial charge on any atom is 0.0831 e. The van der Waals surface area contributed by atoms with Crippen LogP contribution in [0.5, 0.6) is 0 Å². The topological polar surface area (TPSA) is 29.9 Å². The molecule has 2 atom stereocenters. The first-order chi connectivity index (χ1) is 7.66. The second kappa shape index (κ2) is 5.19. The van der Waals surface area contributed by atoms with Gasteiger partial charge in [-0.25, -0.2) is 0 Å². The Morgan fingerprint density at radius 2 is 2.38 bits per heavy atom. The number of aromatic nitrogens is 2. The number of aryl methyl sites for hydroxylation is 1. The minimum Gasteiger partial charge on any atom is -0.308 e. The Morgan fingerprint density at radius 3 is 3.00 bits per heavy atom. The molecule has 1 fully saturated rings. The molecule has 1 heterocycles. The van der Waals surface area contributed by atoms with E-state index in [0.29, 0.717) is 6.04 Å². The van der Waals surface area contributed by atoms with Crippen molar-refractivity contribution in [3.8, 4) is 0 Å². The van der Waals surface area contributed by atoms with Crippen LogP contribution < -0.4 is 5.32 Å². The van der Waals surface area contributed by atoms with Crippen molar-refractivity contribution in [3.63, 3.8) is 0 Å². The van der Waals surface area contributed by atoms with Crippen molar-refractivity contribution in [2.45, 2.75) is 45.2 Å². The molecular weight excluding hydrogens is 222 g/mol. The molecule has 0 aliphatic heterocycles. The van der Waals surface area contributed by atoms with Gasteiger partial charge in [0.05, 0.1) is 16.9 Å². The highest BCUT2D eigenvalue weighted by atomic mass is 35.5. The van der Waals surface area contributed by atoms with Crippen molar-refractivity contribution in [1.29, 1.82) is 0 Å². The summed E-state index contributed by atoms with van der Waals surface area (Å²) in [6.45, 7) is 3.16. The summed E-state index contributed by atoms with van der Waals surface area (Å²) in [5.41, 5.74) is 1.08. The fourth-order valence-electron chi connectivity index (χ4n) is 2.50. The Kier molecular flexibility index (Phi) is 3.87. The molecular formula is C12H20ClN3. The van der Waals surface area contributed by atoms with Crippen molar-refractivity contribution in [2.75, 3.05) is 0 Å². The van der Waals surface area contributed by atoms with Gasteiger partial charge in [0.25, 0.3) is 0 Å². The van der Waals surface area contributed by atoms with E-state index in [4.69, 9.17) is 11.6 Å². The number of nitrogens with zero attached hydrogens (tertiary/aromatic N) is 2. The van der Waals surface area contributed by atoms with E-state index in [1.54, 1.807) is 6.20 Å². The molecule has 90 valence electrons. The molecule has 0 unspecified atom stereocenters. The predicted molar refractivity (Wildman–Crippen MR) is 66.5 cm³/mol. The fraction of sp³-hybridized carbons (Fsp3) is 0.750. The van der Waals surface area contributed by atoms with E-state index in [2.05, 4.69) is 17.3 Å². The predicted octanol–water partition coefficient (Wildman–Crippen LogP) is 2.74. The minimum atomic E-state index is 0.648. The fourth-order valence-corrected chi connectivity index (χ4v) is 2.73. The highest BCUT2D eigenvalue weighted by Crippen LogP contribution is 2.24. The van der Waals surface area contributed by atoms with Gasteiger partial charge in [-0.05, 0) is 18.8 Å². The van der Waals surface area contributed by atoms with Crippen LogP contribution in [0, 0.1) is 5.92 Å². The zero-order valence-electron chi connectivity index (χ0n) is 10.0. The van der Waals surface area contributed by atoms with Crippen LogP contribution >= 0.6 is 11.6 Å². The molecule has 1 aliphatic rings. The van der Waals surface area contributed by atoms with Crippen LogP contribution in [0.3, 0.4) is 0 Å². The van der Waals surface area contributed by atoms with Crippen LogP contribution in [0.25, 0.3) is 0 Å². The molecule has 0 bridgehead atoms. The lowest BCUT2D eigenvalue weighted by molar-refractivity contribution is 0.299. The molecule has 0 aromatic carbocycles. The molecule has 3 nitrogen and oxygen atoms in total. The van der Waals surface area contributed by atoms with Gasteiger partial charge in [-0.2, -0.15) is 5.10 Å². The Balaban J connectivity index is 1.87. The van der Waals surface area contributed by atoms with Crippen molar-refractivity contribution in [3.05, 3.63) is 16.9 Å². The Morgan fingerprint density at radius 1 is 1.56 bits per heavy atom. The third-order valence-electron chi connectivity index (χ3n) is 3.51. The number of hydrogen-bond donors (Lipinski definition) is 1. The van der Waals surface area contributed by atoms with E-state index in [1.165, 1.54) is 25.7 Å². The summed E-state index contributed by atoms with van der Waals surface area (Å²) in [6, 6.07) is 0.648. The first kappa shape index (κ1) is 11.9. The highest BCUT2D eigenvalue weighted by molar-refractivity contribution is 6.31. The van der Waals surface area contributed by atoms with E-state index >= 15 is 0 Å². The van der Waals surface area contributed by atoms with E-state index in [0.717, 1.165) is 23.2 Å². The Hall–Kier alpha value is -0.540. The zero-order valence-corrected chi connectivity index (χ0v) is 10.8. The van der Waals surface area contributed by atoms with Crippen LogP contribution in [0.15, 0.2) is 6.20 Å². The van der Waals surface area contributed by atoms with Gasteiger partial charge in [-0.1, -0.05) is 31.4 Å². The lowest BCUT2D eigenvalue weighted by Gasteiger charge is -2.27. The minimum absolute atomic E-state index is 0.648. The van der Waals surface area contributed by atoms with Crippen LogP contribution in [0.4, 0.5) is 0 Å². The van der Waals surface area contributed by atoms with Gasteiger partial charge in [0.2, 0.25) is 0 Å². The molecule has 1 aromatic rings. The van der Waals surface area contributed by atoms with Gasteiger partial charge < -0.3 is 5.32 Å². The third-order valence-corrected chi connectivity index (χ3v) is 3.82. The lowest BCUT2D eigenvalue weighted by Crippen LogP contribution is -2.33. The SMILES string of the molecule is C[C@H]1CCC[C@@H](NCc2c(Cl)cnn2C)C1. The van der Waals surface area contributed by atoms with Crippen LogP contribution in [0.1, 0.15) is 38.3 Å². The summed E-state index contributed by atoms with van der Waals surface area (Å²) >= 11 is 6.07. The molecule has 0 spiro atoms. The second-order valence-electron chi connectivity index (χ2n) is 4.91. The van der Waals surface area contributed by atoms with Crippen molar-refractivity contribution < 1.29 is 0 Å². The molecule has 1 aliphatic carbocycles. The summed E-state index contributed by atoms with van der Waals surface area (Å²) in [4.78, 5) is 0. The van der Waals surface area contributed by atoms with E-state index < -0.39 is 0 Å². The van der Waals surface area contributed by atoms with E-state index in [-0.39, 0.29) is 0 Å². The molecule has 0 amide bonds. The standard InChI is InChI=1S/C12H20ClN3/c1-9-4-3-5-10(6-9)14-8-12-11(13)7-15-16(12)2/h7,9-10,14H,3-6,8H2,1-2H3/t9-,10+/m0/s1. The highest BCUT2D eigenvalue weighted by Gasteiger charge is 2.18. The molecule has 1 N–H and O–H groups in total. The second-order valence-corrected chi connectivity index (χ2v) is 5.32. The summed E-state index contributed by atoms with van der Waals surface area (Å²) in [5, 5.41) is 8.49. The van der Waals surface area contributed by atoms with Crippen LogP contribution in [-0.2, 0) is 13.6 Å². The maximum absolute atomic E-state index is 6.07. The van der Waals surface area contributed by atoms with Gasteiger partial charge in [-0.3, -0.25) is 4.68 Å². The summed E-state index contributed by atoms with van der Waals surface area (Å²) in [5.74, 6) is 0.855. The number of hydrogen-bond acceptors (Lipinski definition) is 2. The van der Waals surface area contributed by atoms with Crippen molar-refractivity contribution in [1.82, 2.24) is 15.1 Å². The first-order valence-corrected chi connectivity index (χ1v) is 6.44. The maximum atomic E-state index is 6.07. The van der Waals surface area contributed by atoms with Gasteiger partial charge >= 0.3 is 0 Å². The quantitative estimate of drug-likeness (QED) is 0.882. The normalized spacial score (nSPS) is 25.9. The first-order valence-electron chi connectivity index (χ1n) is 6.06. The molecule has 1 aromatic heterocycles. The smallest absolute Gasteiger partial charge is 0.0831 e.